The standard InChI is InChI=1S/C20H22ClF2N5O3/c21-14-4-1-12(2-5-14)7-16(9-19(29)27-31)28(25)11-15(24)10-26-20(30)13-3-6-17(22)18(23)8-13/h1-6,8,11,16,31H,7,9-10,24-25H2,(H,26,30)(H,27,29)/b15-11-. The van der Waals surface area contributed by atoms with E-state index < -0.39 is 29.5 Å². The molecule has 2 rings (SSSR count). The van der Waals surface area contributed by atoms with E-state index in [9.17, 15) is 18.4 Å². The molecule has 2 amide bonds. The Hall–Kier alpha value is -3.21. The number of hydrogen-bond donors (Lipinski definition) is 5. The minimum Gasteiger partial charge on any atom is -0.399 e. The van der Waals surface area contributed by atoms with Crippen LogP contribution in [-0.2, 0) is 11.2 Å². The molecule has 0 saturated carbocycles. The van der Waals surface area contributed by atoms with Crippen molar-refractivity contribution in [3.63, 3.8) is 0 Å². The van der Waals surface area contributed by atoms with Crippen LogP contribution in [0.5, 0.6) is 0 Å². The van der Waals surface area contributed by atoms with Crippen LogP contribution < -0.4 is 22.4 Å². The summed E-state index contributed by atoms with van der Waals surface area (Å²) in [7, 11) is 0. The highest BCUT2D eigenvalue weighted by atomic mass is 35.5. The van der Waals surface area contributed by atoms with Crippen molar-refractivity contribution in [2.24, 2.45) is 11.6 Å². The SMILES string of the molecule is N/C(=C\N(N)C(CC(=O)NO)Cc1ccc(Cl)cc1)CNC(=O)c1ccc(F)c(F)c1. The maximum Gasteiger partial charge on any atom is 0.251 e. The first kappa shape index (κ1) is 24.1. The van der Waals surface area contributed by atoms with E-state index in [0.29, 0.717) is 11.4 Å². The van der Waals surface area contributed by atoms with Crippen molar-refractivity contribution in [1.82, 2.24) is 15.8 Å². The van der Waals surface area contributed by atoms with E-state index in [-0.39, 0.29) is 24.2 Å². The quantitative estimate of drug-likeness (QED) is 0.223. The number of nitrogens with two attached hydrogens (primary N) is 2. The van der Waals surface area contributed by atoms with Gasteiger partial charge in [-0.2, -0.15) is 0 Å². The first-order valence-electron chi connectivity index (χ1n) is 9.09. The van der Waals surface area contributed by atoms with Crippen LogP contribution in [0.2, 0.25) is 5.02 Å². The summed E-state index contributed by atoms with van der Waals surface area (Å²) in [6, 6.07) is 9.11. The van der Waals surface area contributed by atoms with Gasteiger partial charge >= 0.3 is 0 Å². The van der Waals surface area contributed by atoms with Crippen molar-refractivity contribution in [2.75, 3.05) is 6.54 Å². The van der Waals surface area contributed by atoms with Crippen LogP contribution in [0.4, 0.5) is 8.78 Å². The molecule has 2 aromatic rings. The number of hydrazine groups is 1. The number of amides is 2. The van der Waals surface area contributed by atoms with Gasteiger partial charge in [0.15, 0.2) is 11.6 Å². The minimum absolute atomic E-state index is 0.0727. The second kappa shape index (κ2) is 11.3. The molecule has 0 saturated heterocycles. The molecular formula is C20H22ClF2N5O3. The number of nitrogens with one attached hydrogen (secondary N) is 2. The highest BCUT2D eigenvalue weighted by molar-refractivity contribution is 6.30. The molecule has 0 heterocycles. The molecular weight excluding hydrogens is 432 g/mol. The molecule has 0 aromatic heterocycles. The van der Waals surface area contributed by atoms with Crippen LogP contribution in [0.3, 0.4) is 0 Å². The lowest BCUT2D eigenvalue weighted by atomic mass is 10.0. The lowest BCUT2D eigenvalue weighted by Crippen LogP contribution is -2.42. The first-order chi connectivity index (χ1) is 14.7. The Kier molecular flexibility index (Phi) is 8.74. The molecule has 0 aliphatic carbocycles. The monoisotopic (exact) mass is 453 g/mol. The molecule has 11 heteroatoms. The second-order valence-corrected chi connectivity index (χ2v) is 7.12. The number of carbonyl (C=O) groups is 2. The zero-order valence-corrected chi connectivity index (χ0v) is 17.1. The Balaban J connectivity index is 2.03. The number of carbonyl (C=O) groups excluding carboxylic acids is 2. The van der Waals surface area contributed by atoms with Gasteiger partial charge in [0.1, 0.15) is 0 Å². The Bertz CT molecular complexity index is 956. The second-order valence-electron chi connectivity index (χ2n) is 6.69. The maximum atomic E-state index is 13.3. The fraction of sp³-hybridized carbons (Fsp3) is 0.200. The first-order valence-corrected chi connectivity index (χ1v) is 9.47. The van der Waals surface area contributed by atoms with Crippen LogP contribution in [0, 0.1) is 11.6 Å². The number of rotatable bonds is 9. The maximum absolute atomic E-state index is 13.3. The Morgan fingerprint density at radius 2 is 1.84 bits per heavy atom. The predicted molar refractivity (Wildman–Crippen MR) is 110 cm³/mol. The van der Waals surface area contributed by atoms with Gasteiger partial charge in [-0.25, -0.2) is 20.1 Å². The Labute approximate surface area is 182 Å². The van der Waals surface area contributed by atoms with Gasteiger partial charge in [-0.3, -0.25) is 14.8 Å². The lowest BCUT2D eigenvalue weighted by Gasteiger charge is -2.26. The highest BCUT2D eigenvalue weighted by Gasteiger charge is 2.19. The van der Waals surface area contributed by atoms with Crippen molar-refractivity contribution in [2.45, 2.75) is 18.9 Å². The average Bonchev–Trinajstić information content (AvgIpc) is 2.74. The number of nitrogens with zero attached hydrogens (tertiary/aromatic N) is 1. The third-order valence-corrected chi connectivity index (χ3v) is 4.55. The van der Waals surface area contributed by atoms with Crippen molar-refractivity contribution in [1.29, 1.82) is 0 Å². The van der Waals surface area contributed by atoms with Crippen molar-refractivity contribution >= 4 is 23.4 Å². The average molecular weight is 454 g/mol. The van der Waals surface area contributed by atoms with E-state index in [4.69, 9.17) is 28.4 Å². The molecule has 0 radical (unpaired) electrons. The van der Waals surface area contributed by atoms with Gasteiger partial charge in [-0.1, -0.05) is 23.7 Å². The topological polar surface area (TPSA) is 134 Å². The van der Waals surface area contributed by atoms with Crippen molar-refractivity contribution in [3.8, 4) is 0 Å². The zero-order valence-electron chi connectivity index (χ0n) is 16.3. The molecule has 166 valence electrons. The normalized spacial score (nSPS) is 12.2. The lowest BCUT2D eigenvalue weighted by molar-refractivity contribution is -0.130. The minimum atomic E-state index is -1.14. The van der Waals surface area contributed by atoms with Gasteiger partial charge in [0.2, 0.25) is 5.91 Å². The van der Waals surface area contributed by atoms with Gasteiger partial charge < -0.3 is 16.1 Å². The molecule has 1 unspecified atom stereocenters. The van der Waals surface area contributed by atoms with Gasteiger partial charge in [0.05, 0.1) is 19.0 Å². The summed E-state index contributed by atoms with van der Waals surface area (Å²) in [6.07, 6.45) is 1.53. The summed E-state index contributed by atoms with van der Waals surface area (Å²) in [6.45, 7) is -0.134. The highest BCUT2D eigenvalue weighted by Crippen LogP contribution is 2.15. The molecule has 0 fully saturated rings. The van der Waals surface area contributed by atoms with Crippen LogP contribution in [0.15, 0.2) is 54.4 Å². The largest absolute Gasteiger partial charge is 0.399 e. The molecule has 31 heavy (non-hydrogen) atoms. The molecule has 0 bridgehead atoms. The van der Waals surface area contributed by atoms with E-state index in [1.165, 1.54) is 11.2 Å². The summed E-state index contributed by atoms with van der Waals surface area (Å²) >= 11 is 5.88. The van der Waals surface area contributed by atoms with E-state index in [2.05, 4.69) is 5.32 Å². The van der Waals surface area contributed by atoms with E-state index in [0.717, 1.165) is 23.8 Å². The number of halogens is 3. The molecule has 8 nitrogen and oxygen atoms in total. The van der Waals surface area contributed by atoms with Crippen LogP contribution in [0.25, 0.3) is 0 Å². The van der Waals surface area contributed by atoms with Crippen LogP contribution in [0.1, 0.15) is 22.3 Å². The third kappa shape index (κ3) is 7.52. The third-order valence-electron chi connectivity index (χ3n) is 4.30. The number of hydroxylamine groups is 1. The molecule has 0 spiro atoms. The molecule has 1 atom stereocenters. The van der Waals surface area contributed by atoms with Gasteiger partial charge in [-0.15, -0.1) is 0 Å². The van der Waals surface area contributed by atoms with Gasteiger partial charge in [-0.05, 0) is 42.3 Å². The van der Waals surface area contributed by atoms with Gasteiger partial charge in [0.25, 0.3) is 5.91 Å². The van der Waals surface area contributed by atoms with Crippen LogP contribution in [-0.4, -0.2) is 34.6 Å². The summed E-state index contributed by atoms with van der Waals surface area (Å²) in [5.74, 6) is 2.53. The zero-order chi connectivity index (χ0) is 23.0. The molecule has 7 N–H and O–H groups in total. The van der Waals surface area contributed by atoms with Gasteiger partial charge in [0, 0.05) is 22.5 Å². The number of hydrogen-bond acceptors (Lipinski definition) is 6. The fourth-order valence-electron chi connectivity index (χ4n) is 2.70. The number of benzene rings is 2. The van der Waals surface area contributed by atoms with E-state index in [1.807, 2.05) is 0 Å². The van der Waals surface area contributed by atoms with Crippen molar-refractivity contribution in [3.05, 3.63) is 82.1 Å². The smallest absolute Gasteiger partial charge is 0.251 e. The summed E-state index contributed by atoms with van der Waals surface area (Å²) in [5, 5.41) is 13.0. The molecule has 0 aliphatic rings. The van der Waals surface area contributed by atoms with E-state index in [1.54, 1.807) is 29.7 Å². The fourth-order valence-corrected chi connectivity index (χ4v) is 2.83. The predicted octanol–water partition coefficient (Wildman–Crippen LogP) is 1.83. The molecule has 0 aliphatic heterocycles. The summed E-state index contributed by atoms with van der Waals surface area (Å²) < 4.78 is 26.2. The van der Waals surface area contributed by atoms with E-state index >= 15 is 0 Å². The molecule has 2 aromatic carbocycles. The summed E-state index contributed by atoms with van der Waals surface area (Å²) in [4.78, 5) is 23.7. The summed E-state index contributed by atoms with van der Waals surface area (Å²) in [5.41, 5.74) is 8.36. The Morgan fingerprint density at radius 3 is 2.45 bits per heavy atom. The van der Waals surface area contributed by atoms with Crippen LogP contribution >= 0.6 is 11.6 Å². The Morgan fingerprint density at radius 1 is 1.16 bits per heavy atom. The van der Waals surface area contributed by atoms with Crippen molar-refractivity contribution < 1.29 is 23.6 Å².